The molecule has 2 aromatic rings. The summed E-state index contributed by atoms with van der Waals surface area (Å²) < 4.78 is 11.9. The molecule has 0 N–H and O–H groups in total. The fourth-order valence-electron chi connectivity index (χ4n) is 2.61. The van der Waals surface area contributed by atoms with Gasteiger partial charge >= 0.3 is 6.09 Å². The molecule has 134 valence electrons. The molecule has 1 aromatic heterocycles. The number of hydrogen-bond donors (Lipinski definition) is 0. The number of benzene rings is 1. The van der Waals surface area contributed by atoms with Crippen molar-refractivity contribution in [3.8, 4) is 11.3 Å². The van der Waals surface area contributed by atoms with Crippen molar-refractivity contribution >= 4 is 27.8 Å². The summed E-state index contributed by atoms with van der Waals surface area (Å²) in [5.74, 6) is 1.53. The van der Waals surface area contributed by atoms with E-state index < -0.39 is 5.60 Å². The molecule has 1 aliphatic heterocycles. The molecule has 1 saturated heterocycles. The molecule has 7 heteroatoms. The Labute approximate surface area is 155 Å². The zero-order valence-electron chi connectivity index (χ0n) is 14.7. The highest BCUT2D eigenvalue weighted by atomic mass is 79.9. The van der Waals surface area contributed by atoms with E-state index in [4.69, 9.17) is 9.26 Å². The van der Waals surface area contributed by atoms with Crippen molar-refractivity contribution in [3.63, 3.8) is 0 Å². The number of halogens is 1. The van der Waals surface area contributed by atoms with Crippen LogP contribution in [0.1, 0.15) is 20.8 Å². The summed E-state index contributed by atoms with van der Waals surface area (Å²) in [6.07, 6.45) is -0.261. The molecule has 1 amide bonds. The van der Waals surface area contributed by atoms with E-state index >= 15 is 0 Å². The Hall–Kier alpha value is -2.02. The molecule has 1 aliphatic rings. The minimum Gasteiger partial charge on any atom is -0.444 e. The lowest BCUT2D eigenvalue weighted by Crippen LogP contribution is -2.50. The zero-order valence-corrected chi connectivity index (χ0v) is 16.2. The summed E-state index contributed by atoms with van der Waals surface area (Å²) in [7, 11) is 0. The number of nitrogens with zero attached hydrogens (tertiary/aromatic N) is 3. The van der Waals surface area contributed by atoms with Crippen LogP contribution in [-0.2, 0) is 4.74 Å². The van der Waals surface area contributed by atoms with E-state index in [0.29, 0.717) is 26.2 Å². The van der Waals surface area contributed by atoms with E-state index in [0.717, 1.165) is 21.6 Å². The third-order valence-electron chi connectivity index (χ3n) is 3.88. The van der Waals surface area contributed by atoms with Crippen LogP contribution >= 0.6 is 15.9 Å². The first-order valence-corrected chi connectivity index (χ1v) is 9.07. The lowest BCUT2D eigenvalue weighted by Gasteiger charge is -2.35. The largest absolute Gasteiger partial charge is 0.444 e. The molecule has 2 heterocycles. The number of carbonyl (C=O) groups excluding carboxylic acids is 1. The van der Waals surface area contributed by atoms with Gasteiger partial charge in [-0.25, -0.2) is 4.79 Å². The summed E-state index contributed by atoms with van der Waals surface area (Å²) in [4.78, 5) is 16.0. The first kappa shape index (κ1) is 17.8. The van der Waals surface area contributed by atoms with Gasteiger partial charge in [0.1, 0.15) is 5.60 Å². The lowest BCUT2D eigenvalue weighted by molar-refractivity contribution is 0.0240. The van der Waals surface area contributed by atoms with E-state index in [1.165, 1.54) is 0 Å². The molecule has 0 radical (unpaired) electrons. The molecule has 0 spiro atoms. The molecule has 25 heavy (non-hydrogen) atoms. The van der Waals surface area contributed by atoms with Crippen LogP contribution in [0.2, 0.25) is 0 Å². The van der Waals surface area contributed by atoms with Gasteiger partial charge in [0.05, 0.1) is 0 Å². The maximum Gasteiger partial charge on any atom is 0.410 e. The Balaban J connectivity index is 1.60. The SMILES string of the molecule is CC(C)(C)OC(=O)N1CCN(c2cc(-c3ccc(Br)cc3)on2)CC1. The molecular formula is C18H22BrN3O3. The predicted molar refractivity (Wildman–Crippen MR) is 99.7 cm³/mol. The molecule has 6 nitrogen and oxygen atoms in total. The summed E-state index contributed by atoms with van der Waals surface area (Å²) in [6, 6.07) is 9.84. The van der Waals surface area contributed by atoms with E-state index in [9.17, 15) is 4.79 Å². The zero-order chi connectivity index (χ0) is 18.0. The second kappa shape index (κ2) is 7.07. The summed E-state index contributed by atoms with van der Waals surface area (Å²) in [6.45, 7) is 8.24. The van der Waals surface area contributed by atoms with Gasteiger partial charge in [-0.15, -0.1) is 0 Å². The highest BCUT2D eigenvalue weighted by Gasteiger charge is 2.27. The van der Waals surface area contributed by atoms with Crippen molar-refractivity contribution in [2.75, 3.05) is 31.1 Å². The van der Waals surface area contributed by atoms with Crippen LogP contribution in [0.5, 0.6) is 0 Å². The Bertz CT molecular complexity index is 729. The van der Waals surface area contributed by atoms with Gasteiger partial charge in [0.2, 0.25) is 0 Å². The average Bonchev–Trinajstić information content (AvgIpc) is 3.04. The third-order valence-corrected chi connectivity index (χ3v) is 4.41. The number of amides is 1. The second-order valence-corrected chi connectivity index (χ2v) is 7.93. The van der Waals surface area contributed by atoms with Gasteiger partial charge in [-0.05, 0) is 32.9 Å². The van der Waals surface area contributed by atoms with Crippen molar-refractivity contribution in [3.05, 3.63) is 34.8 Å². The van der Waals surface area contributed by atoms with Crippen LogP contribution in [-0.4, -0.2) is 47.9 Å². The van der Waals surface area contributed by atoms with Crippen molar-refractivity contribution in [1.82, 2.24) is 10.1 Å². The van der Waals surface area contributed by atoms with Crippen LogP contribution < -0.4 is 4.90 Å². The van der Waals surface area contributed by atoms with Crippen LogP contribution in [0.4, 0.5) is 10.6 Å². The van der Waals surface area contributed by atoms with Gasteiger partial charge < -0.3 is 19.1 Å². The molecule has 0 unspecified atom stereocenters. The first-order chi connectivity index (χ1) is 11.8. The van der Waals surface area contributed by atoms with Crippen molar-refractivity contribution in [1.29, 1.82) is 0 Å². The molecule has 1 aromatic carbocycles. The van der Waals surface area contributed by atoms with Crippen LogP contribution in [0.3, 0.4) is 0 Å². The van der Waals surface area contributed by atoms with E-state index in [2.05, 4.69) is 26.0 Å². The predicted octanol–water partition coefficient (Wildman–Crippen LogP) is 4.16. The number of carbonyl (C=O) groups is 1. The Morgan fingerprint density at radius 3 is 2.40 bits per heavy atom. The molecular weight excluding hydrogens is 386 g/mol. The molecule has 1 fully saturated rings. The molecule has 0 bridgehead atoms. The topological polar surface area (TPSA) is 58.8 Å². The maximum absolute atomic E-state index is 12.1. The number of aromatic nitrogens is 1. The highest BCUT2D eigenvalue weighted by Crippen LogP contribution is 2.26. The minimum absolute atomic E-state index is 0.261. The smallest absolute Gasteiger partial charge is 0.410 e. The monoisotopic (exact) mass is 407 g/mol. The van der Waals surface area contributed by atoms with E-state index in [-0.39, 0.29) is 6.09 Å². The lowest BCUT2D eigenvalue weighted by atomic mass is 10.2. The van der Waals surface area contributed by atoms with Gasteiger partial charge in [-0.1, -0.05) is 33.2 Å². The van der Waals surface area contributed by atoms with Gasteiger partial charge in [0.25, 0.3) is 0 Å². The highest BCUT2D eigenvalue weighted by molar-refractivity contribution is 9.10. The fraction of sp³-hybridized carbons (Fsp3) is 0.444. The maximum atomic E-state index is 12.1. The van der Waals surface area contributed by atoms with Crippen LogP contribution in [0, 0.1) is 0 Å². The number of piperazine rings is 1. The van der Waals surface area contributed by atoms with Gasteiger partial charge in [-0.2, -0.15) is 0 Å². The van der Waals surface area contributed by atoms with Crippen molar-refractivity contribution in [2.45, 2.75) is 26.4 Å². The van der Waals surface area contributed by atoms with Crippen LogP contribution in [0.15, 0.2) is 39.3 Å². The Morgan fingerprint density at radius 1 is 1.16 bits per heavy atom. The Morgan fingerprint density at radius 2 is 1.80 bits per heavy atom. The number of ether oxygens (including phenoxy) is 1. The van der Waals surface area contributed by atoms with Gasteiger partial charge in [0.15, 0.2) is 11.6 Å². The first-order valence-electron chi connectivity index (χ1n) is 8.27. The normalized spacial score (nSPS) is 15.4. The molecule has 0 atom stereocenters. The Kier molecular flexibility index (Phi) is 5.03. The number of anilines is 1. The van der Waals surface area contributed by atoms with Crippen molar-refractivity contribution < 1.29 is 14.1 Å². The van der Waals surface area contributed by atoms with Crippen molar-refractivity contribution in [2.24, 2.45) is 0 Å². The van der Waals surface area contributed by atoms with E-state index in [1.807, 2.05) is 51.1 Å². The standard InChI is InChI=1S/C18H22BrN3O3/c1-18(2,3)24-17(23)22-10-8-21(9-11-22)16-12-15(25-20-16)13-4-6-14(19)7-5-13/h4-7,12H,8-11H2,1-3H3. The summed E-state index contributed by atoms with van der Waals surface area (Å²) in [5, 5.41) is 4.17. The van der Waals surface area contributed by atoms with E-state index in [1.54, 1.807) is 4.90 Å². The third kappa shape index (κ3) is 4.54. The van der Waals surface area contributed by atoms with Gasteiger partial charge in [0, 0.05) is 42.3 Å². The van der Waals surface area contributed by atoms with Gasteiger partial charge in [-0.3, -0.25) is 0 Å². The summed E-state index contributed by atoms with van der Waals surface area (Å²) in [5.41, 5.74) is 0.509. The molecule has 3 rings (SSSR count). The quantitative estimate of drug-likeness (QED) is 0.747. The average molecular weight is 408 g/mol. The minimum atomic E-state index is -0.472. The fourth-order valence-corrected chi connectivity index (χ4v) is 2.87. The number of hydrogen-bond acceptors (Lipinski definition) is 5. The molecule has 0 aliphatic carbocycles. The molecule has 0 saturated carbocycles. The van der Waals surface area contributed by atoms with Crippen LogP contribution in [0.25, 0.3) is 11.3 Å². The summed E-state index contributed by atoms with van der Waals surface area (Å²) >= 11 is 3.42. The number of rotatable bonds is 2. The second-order valence-electron chi connectivity index (χ2n) is 7.01.